The predicted molar refractivity (Wildman–Crippen MR) is 72.5 cm³/mol. The van der Waals surface area contributed by atoms with Gasteiger partial charge in [0.25, 0.3) is 5.91 Å². The Labute approximate surface area is 115 Å². The lowest BCUT2D eigenvalue weighted by Gasteiger charge is -2.22. The summed E-state index contributed by atoms with van der Waals surface area (Å²) in [5, 5.41) is 10.6. The maximum atomic E-state index is 12.3. The molecule has 0 bridgehead atoms. The number of aromatic hydroxyl groups is 1. The number of hydrogen-bond donors (Lipinski definition) is 1. The molecule has 0 saturated heterocycles. The van der Waals surface area contributed by atoms with Crippen molar-refractivity contribution in [2.75, 3.05) is 19.0 Å². The van der Waals surface area contributed by atoms with Crippen molar-refractivity contribution in [3.63, 3.8) is 0 Å². The first kappa shape index (κ1) is 13.2. The maximum absolute atomic E-state index is 12.3. The molecule has 1 aliphatic carbocycles. The standard InChI is InChI=1S/C13H16BrNO3/c1-18-10-4-5-11(12(16)8-10)13(17)15(7-6-14)9-2-3-9/h4-5,8-9,16H,2-3,6-7H2,1H3. The number of halogens is 1. The first-order valence-electron chi connectivity index (χ1n) is 5.91. The number of methoxy groups -OCH3 is 1. The first-order valence-corrected chi connectivity index (χ1v) is 7.03. The quantitative estimate of drug-likeness (QED) is 0.849. The zero-order valence-electron chi connectivity index (χ0n) is 10.2. The molecule has 5 heteroatoms. The van der Waals surface area contributed by atoms with E-state index in [0.717, 1.165) is 18.2 Å². The third kappa shape index (κ3) is 2.77. The highest BCUT2D eigenvalue weighted by molar-refractivity contribution is 9.09. The Hall–Kier alpha value is -1.23. The number of carbonyl (C=O) groups excluding carboxylic acids is 1. The molecular formula is C13H16BrNO3. The van der Waals surface area contributed by atoms with Crippen LogP contribution in [0.5, 0.6) is 11.5 Å². The molecule has 0 atom stereocenters. The Morgan fingerprint density at radius 3 is 2.78 bits per heavy atom. The fourth-order valence-corrected chi connectivity index (χ4v) is 2.28. The average Bonchev–Trinajstić information content (AvgIpc) is 3.19. The first-order chi connectivity index (χ1) is 8.67. The second kappa shape index (κ2) is 5.61. The van der Waals surface area contributed by atoms with Gasteiger partial charge in [0.15, 0.2) is 0 Å². The van der Waals surface area contributed by atoms with Crippen molar-refractivity contribution in [2.45, 2.75) is 18.9 Å². The summed E-state index contributed by atoms with van der Waals surface area (Å²) in [4.78, 5) is 14.2. The van der Waals surface area contributed by atoms with E-state index in [4.69, 9.17) is 4.74 Å². The summed E-state index contributed by atoms with van der Waals surface area (Å²) in [5.74, 6) is 0.402. The van der Waals surface area contributed by atoms with Gasteiger partial charge in [-0.2, -0.15) is 0 Å². The largest absolute Gasteiger partial charge is 0.507 e. The zero-order chi connectivity index (χ0) is 13.1. The van der Waals surface area contributed by atoms with E-state index in [1.54, 1.807) is 12.1 Å². The number of rotatable bonds is 5. The molecule has 0 radical (unpaired) electrons. The van der Waals surface area contributed by atoms with Crippen LogP contribution in [0.4, 0.5) is 0 Å². The minimum atomic E-state index is -0.114. The van der Waals surface area contributed by atoms with Gasteiger partial charge in [0, 0.05) is 24.0 Å². The SMILES string of the molecule is COc1ccc(C(=O)N(CCBr)C2CC2)c(O)c1. The van der Waals surface area contributed by atoms with Crippen molar-refractivity contribution in [3.05, 3.63) is 23.8 Å². The van der Waals surface area contributed by atoms with Crippen LogP contribution in [0.15, 0.2) is 18.2 Å². The Bertz CT molecular complexity index is 446. The van der Waals surface area contributed by atoms with E-state index < -0.39 is 0 Å². The number of phenols is 1. The molecule has 1 saturated carbocycles. The lowest BCUT2D eigenvalue weighted by molar-refractivity contribution is 0.0751. The summed E-state index contributed by atoms with van der Waals surface area (Å²) in [6.45, 7) is 0.662. The van der Waals surface area contributed by atoms with Gasteiger partial charge in [-0.25, -0.2) is 0 Å². The molecule has 1 N–H and O–H groups in total. The summed E-state index contributed by atoms with van der Waals surface area (Å²) in [7, 11) is 1.53. The van der Waals surface area contributed by atoms with E-state index in [9.17, 15) is 9.90 Å². The third-order valence-electron chi connectivity index (χ3n) is 3.01. The van der Waals surface area contributed by atoms with Crippen molar-refractivity contribution < 1.29 is 14.6 Å². The highest BCUT2D eigenvalue weighted by Crippen LogP contribution is 2.31. The number of carbonyl (C=O) groups is 1. The normalized spacial score (nSPS) is 14.3. The second-order valence-electron chi connectivity index (χ2n) is 4.30. The van der Waals surface area contributed by atoms with Crippen LogP contribution >= 0.6 is 15.9 Å². The van der Waals surface area contributed by atoms with Crippen molar-refractivity contribution in [2.24, 2.45) is 0 Å². The number of amides is 1. The lowest BCUT2D eigenvalue weighted by Crippen LogP contribution is -2.34. The van der Waals surface area contributed by atoms with E-state index in [1.165, 1.54) is 13.2 Å². The third-order valence-corrected chi connectivity index (χ3v) is 3.36. The van der Waals surface area contributed by atoms with Gasteiger partial charge in [-0.05, 0) is 25.0 Å². The van der Waals surface area contributed by atoms with Crippen LogP contribution in [0.3, 0.4) is 0 Å². The van der Waals surface area contributed by atoms with E-state index >= 15 is 0 Å². The Kier molecular flexibility index (Phi) is 4.11. The fourth-order valence-electron chi connectivity index (χ4n) is 1.90. The van der Waals surface area contributed by atoms with Crippen molar-refractivity contribution in [1.29, 1.82) is 0 Å². The van der Waals surface area contributed by atoms with Gasteiger partial charge in [0.05, 0.1) is 12.7 Å². The number of ether oxygens (including phenoxy) is 1. The minimum Gasteiger partial charge on any atom is -0.507 e. The number of nitrogens with zero attached hydrogens (tertiary/aromatic N) is 1. The van der Waals surface area contributed by atoms with E-state index in [1.807, 2.05) is 4.90 Å². The van der Waals surface area contributed by atoms with E-state index in [2.05, 4.69) is 15.9 Å². The number of benzene rings is 1. The van der Waals surface area contributed by atoms with Gasteiger partial charge in [0.1, 0.15) is 11.5 Å². The number of alkyl halides is 1. The molecule has 0 unspecified atom stereocenters. The lowest BCUT2D eigenvalue weighted by atomic mass is 10.1. The van der Waals surface area contributed by atoms with Crippen LogP contribution in [-0.2, 0) is 0 Å². The molecule has 0 aliphatic heterocycles. The Morgan fingerprint density at radius 1 is 1.56 bits per heavy atom. The summed E-state index contributed by atoms with van der Waals surface area (Å²) in [6.07, 6.45) is 2.10. The number of hydrogen-bond acceptors (Lipinski definition) is 3. The van der Waals surface area contributed by atoms with Crippen LogP contribution in [0.1, 0.15) is 23.2 Å². The highest BCUT2D eigenvalue weighted by atomic mass is 79.9. The van der Waals surface area contributed by atoms with E-state index in [-0.39, 0.29) is 11.7 Å². The molecule has 0 spiro atoms. The molecule has 2 rings (SSSR count). The van der Waals surface area contributed by atoms with Crippen LogP contribution in [0.2, 0.25) is 0 Å². The summed E-state index contributed by atoms with van der Waals surface area (Å²) < 4.78 is 5.01. The van der Waals surface area contributed by atoms with Gasteiger partial charge in [-0.1, -0.05) is 15.9 Å². The molecule has 18 heavy (non-hydrogen) atoms. The van der Waals surface area contributed by atoms with Crippen molar-refractivity contribution in [1.82, 2.24) is 4.90 Å². The maximum Gasteiger partial charge on any atom is 0.257 e. The molecular weight excluding hydrogens is 298 g/mol. The minimum absolute atomic E-state index is 0.0282. The van der Waals surface area contributed by atoms with Gasteiger partial charge in [-0.15, -0.1) is 0 Å². The highest BCUT2D eigenvalue weighted by Gasteiger charge is 2.33. The molecule has 1 fully saturated rings. The summed E-state index contributed by atoms with van der Waals surface area (Å²) >= 11 is 3.35. The topological polar surface area (TPSA) is 49.8 Å². The van der Waals surface area contributed by atoms with Gasteiger partial charge in [0.2, 0.25) is 0 Å². The van der Waals surface area contributed by atoms with Crippen LogP contribution in [0, 0.1) is 0 Å². The Morgan fingerprint density at radius 2 is 2.28 bits per heavy atom. The van der Waals surface area contributed by atoms with E-state index in [0.29, 0.717) is 23.9 Å². The predicted octanol–water partition coefficient (Wildman–Crippen LogP) is 2.40. The molecule has 0 aromatic heterocycles. The molecule has 1 aliphatic rings. The summed E-state index contributed by atoms with van der Waals surface area (Å²) in [6, 6.07) is 5.09. The molecule has 0 heterocycles. The van der Waals surface area contributed by atoms with Crippen LogP contribution in [-0.4, -0.2) is 40.9 Å². The molecule has 98 valence electrons. The van der Waals surface area contributed by atoms with Gasteiger partial charge in [-0.3, -0.25) is 4.79 Å². The Balaban J connectivity index is 2.21. The fraction of sp³-hybridized carbons (Fsp3) is 0.462. The smallest absolute Gasteiger partial charge is 0.257 e. The molecule has 1 aromatic rings. The van der Waals surface area contributed by atoms with Crippen LogP contribution < -0.4 is 4.74 Å². The molecule has 1 amide bonds. The summed E-state index contributed by atoms with van der Waals surface area (Å²) in [5.41, 5.74) is 0.337. The van der Waals surface area contributed by atoms with Gasteiger partial charge >= 0.3 is 0 Å². The van der Waals surface area contributed by atoms with Crippen molar-refractivity contribution in [3.8, 4) is 11.5 Å². The van der Waals surface area contributed by atoms with Crippen molar-refractivity contribution >= 4 is 21.8 Å². The monoisotopic (exact) mass is 313 g/mol. The van der Waals surface area contributed by atoms with Gasteiger partial charge < -0.3 is 14.7 Å². The number of phenolic OH excluding ortho intramolecular Hbond substituents is 1. The molecule has 1 aromatic carbocycles. The zero-order valence-corrected chi connectivity index (χ0v) is 11.8. The van der Waals surface area contributed by atoms with Crippen LogP contribution in [0.25, 0.3) is 0 Å². The molecule has 4 nitrogen and oxygen atoms in total. The second-order valence-corrected chi connectivity index (χ2v) is 5.09. The average molecular weight is 314 g/mol.